The van der Waals surface area contributed by atoms with E-state index in [0.29, 0.717) is 6.54 Å². The Labute approximate surface area is 211 Å². The van der Waals surface area contributed by atoms with Gasteiger partial charge in [-0.1, -0.05) is 13.0 Å². The summed E-state index contributed by atoms with van der Waals surface area (Å²) in [5, 5.41) is 14.7. The lowest BCUT2D eigenvalue weighted by atomic mass is 10.1. The number of carbonyl (C=O) groups is 2. The second-order valence-corrected chi connectivity index (χ2v) is 9.22. The number of alkyl halides is 3. The van der Waals surface area contributed by atoms with Crippen LogP contribution in [0.3, 0.4) is 0 Å². The maximum Gasteiger partial charge on any atom is 0.326 e. The monoisotopic (exact) mass is 516 g/mol. The van der Waals surface area contributed by atoms with E-state index in [9.17, 15) is 27.9 Å². The lowest BCUT2D eigenvalue weighted by molar-refractivity contribution is -0.152. The molecule has 0 spiro atoms. The Hall–Kier alpha value is -2.40. The number of pyridine rings is 1. The minimum Gasteiger partial charge on any atom is -0.480 e. The zero-order valence-electron chi connectivity index (χ0n) is 21.2. The highest BCUT2D eigenvalue weighted by atomic mass is 19.3. The number of methoxy groups -OCH3 is 1. The lowest BCUT2D eigenvalue weighted by Gasteiger charge is -2.27. The Morgan fingerprint density at radius 1 is 1.31 bits per heavy atom. The molecule has 0 bridgehead atoms. The van der Waals surface area contributed by atoms with E-state index in [0.717, 1.165) is 50.2 Å². The third-order valence-electron chi connectivity index (χ3n) is 6.31. The Morgan fingerprint density at radius 2 is 2.08 bits per heavy atom. The summed E-state index contributed by atoms with van der Waals surface area (Å²) in [6.07, 6.45) is 3.09. The molecule has 0 fully saturated rings. The van der Waals surface area contributed by atoms with Gasteiger partial charge in [0.15, 0.2) is 0 Å². The maximum atomic E-state index is 13.9. The molecule has 1 aliphatic heterocycles. The molecule has 0 aliphatic carbocycles. The van der Waals surface area contributed by atoms with Gasteiger partial charge in [-0.3, -0.25) is 4.79 Å². The van der Waals surface area contributed by atoms with Crippen LogP contribution in [0, 0.1) is 0 Å². The molecule has 1 amide bonds. The van der Waals surface area contributed by atoms with Crippen LogP contribution in [0.4, 0.5) is 19.0 Å². The summed E-state index contributed by atoms with van der Waals surface area (Å²) in [5.41, 5.74) is 2.20. The van der Waals surface area contributed by atoms with Crippen molar-refractivity contribution in [3.63, 3.8) is 0 Å². The normalized spacial score (nSPS) is 15.2. The number of hydrogen-bond donors (Lipinski definition) is 3. The molecule has 3 N–H and O–H groups in total. The fraction of sp³-hybridized carbons (Fsp3) is 0.720. The van der Waals surface area contributed by atoms with Gasteiger partial charge >= 0.3 is 11.9 Å². The van der Waals surface area contributed by atoms with E-state index in [2.05, 4.69) is 16.4 Å². The number of carboxylic acids is 1. The molecule has 2 rings (SSSR count). The lowest BCUT2D eigenvalue weighted by Crippen LogP contribution is -2.49. The molecule has 0 saturated carbocycles. The number of halogens is 3. The van der Waals surface area contributed by atoms with Crippen LogP contribution in [-0.2, 0) is 27.2 Å². The summed E-state index contributed by atoms with van der Waals surface area (Å²) in [7, 11) is 1.40. The first-order chi connectivity index (χ1) is 17.2. The number of carbonyl (C=O) groups excluding carboxylic acids is 1. The predicted octanol–water partition coefficient (Wildman–Crippen LogP) is 3.44. The Kier molecular flexibility index (Phi) is 12.4. The number of aryl methyl sites for hydroxylation is 2. The van der Waals surface area contributed by atoms with Gasteiger partial charge in [0.2, 0.25) is 0 Å². The Bertz CT molecular complexity index is 840. The average molecular weight is 517 g/mol. The molecule has 204 valence electrons. The highest BCUT2D eigenvalue weighted by Crippen LogP contribution is 2.21. The Morgan fingerprint density at radius 3 is 2.75 bits per heavy atom. The van der Waals surface area contributed by atoms with Crippen LogP contribution in [-0.4, -0.2) is 84.9 Å². The number of ether oxygens (including phenoxy) is 1. The number of carboxylic acid groups (broad SMARTS) is 1. The molecule has 2 heterocycles. The van der Waals surface area contributed by atoms with Gasteiger partial charge in [-0.25, -0.2) is 14.2 Å². The average Bonchev–Trinajstić information content (AvgIpc) is 2.86. The number of fused-ring (bicyclic) bond motifs is 1. The van der Waals surface area contributed by atoms with Crippen molar-refractivity contribution in [2.24, 2.45) is 0 Å². The molecule has 0 saturated heterocycles. The van der Waals surface area contributed by atoms with E-state index in [1.165, 1.54) is 19.6 Å². The molecular weight excluding hydrogens is 477 g/mol. The van der Waals surface area contributed by atoms with Crippen molar-refractivity contribution in [1.29, 1.82) is 0 Å². The highest BCUT2D eigenvalue weighted by molar-refractivity contribution is 5.88. The Balaban J connectivity index is 1.91. The third kappa shape index (κ3) is 9.57. The first-order valence-electron chi connectivity index (χ1n) is 12.7. The van der Waals surface area contributed by atoms with Crippen molar-refractivity contribution in [3.8, 4) is 0 Å². The van der Waals surface area contributed by atoms with Crippen molar-refractivity contribution in [3.05, 3.63) is 23.4 Å². The molecule has 0 radical (unpaired) electrons. The van der Waals surface area contributed by atoms with Crippen molar-refractivity contribution in [1.82, 2.24) is 15.2 Å². The number of rotatable bonds is 17. The van der Waals surface area contributed by atoms with Gasteiger partial charge in [-0.05, 0) is 63.1 Å². The molecule has 2 unspecified atom stereocenters. The van der Waals surface area contributed by atoms with Crippen molar-refractivity contribution >= 4 is 17.7 Å². The van der Waals surface area contributed by atoms with E-state index in [-0.39, 0.29) is 25.9 Å². The SMILES string of the molecule is CCCC(F)(F)C(=O)NC(CCN(CCCCc1ccc2c(n1)NCCC2)CC(CF)OC)C(=O)O. The second-order valence-electron chi connectivity index (χ2n) is 9.22. The van der Waals surface area contributed by atoms with Crippen LogP contribution >= 0.6 is 0 Å². The van der Waals surface area contributed by atoms with Crippen LogP contribution in [0.15, 0.2) is 12.1 Å². The maximum absolute atomic E-state index is 13.9. The summed E-state index contributed by atoms with van der Waals surface area (Å²) >= 11 is 0. The number of aromatic nitrogens is 1. The van der Waals surface area contributed by atoms with Crippen LogP contribution < -0.4 is 10.6 Å². The van der Waals surface area contributed by atoms with E-state index < -0.39 is 43.0 Å². The molecular formula is C25H39F3N4O4. The van der Waals surface area contributed by atoms with Crippen LogP contribution in [0.25, 0.3) is 0 Å². The molecule has 36 heavy (non-hydrogen) atoms. The summed E-state index contributed by atoms with van der Waals surface area (Å²) in [6, 6.07) is 2.66. The van der Waals surface area contributed by atoms with Crippen molar-refractivity contribution < 1.29 is 32.6 Å². The molecule has 2 atom stereocenters. The van der Waals surface area contributed by atoms with Gasteiger partial charge in [0.05, 0.1) is 6.10 Å². The van der Waals surface area contributed by atoms with E-state index >= 15 is 0 Å². The summed E-state index contributed by atoms with van der Waals surface area (Å²) < 4.78 is 46.1. The minimum atomic E-state index is -3.63. The van der Waals surface area contributed by atoms with Gasteiger partial charge in [-0.2, -0.15) is 8.78 Å². The number of nitrogens with one attached hydrogen (secondary N) is 2. The summed E-state index contributed by atoms with van der Waals surface area (Å²) in [5.74, 6) is -5.67. The number of aliphatic carboxylic acids is 1. The summed E-state index contributed by atoms with van der Waals surface area (Å²) in [6.45, 7) is 2.67. The smallest absolute Gasteiger partial charge is 0.326 e. The van der Waals surface area contributed by atoms with E-state index in [4.69, 9.17) is 4.74 Å². The molecule has 1 aliphatic rings. The van der Waals surface area contributed by atoms with Crippen LogP contribution in [0.5, 0.6) is 0 Å². The number of unbranched alkanes of at least 4 members (excludes halogenated alkanes) is 1. The zero-order chi connectivity index (χ0) is 26.6. The topological polar surface area (TPSA) is 104 Å². The van der Waals surface area contributed by atoms with Crippen LogP contribution in [0.2, 0.25) is 0 Å². The van der Waals surface area contributed by atoms with Gasteiger partial charge in [-0.15, -0.1) is 0 Å². The second kappa shape index (κ2) is 15.0. The standard InChI is InChI=1S/C25H39F3N4O4/c1-3-12-25(27,28)24(35)31-21(23(33)34)11-15-32(17-20(16-26)36-2)14-5-4-8-19-10-9-18-7-6-13-29-22(18)30-19/h9-10,20-21H,3-8,11-17H2,1-2H3,(H,29,30)(H,31,35)(H,33,34). The van der Waals surface area contributed by atoms with Gasteiger partial charge in [0.1, 0.15) is 18.5 Å². The summed E-state index contributed by atoms with van der Waals surface area (Å²) in [4.78, 5) is 30.0. The minimum absolute atomic E-state index is 0.0884. The first-order valence-corrected chi connectivity index (χ1v) is 12.7. The fourth-order valence-electron chi connectivity index (χ4n) is 4.18. The predicted molar refractivity (Wildman–Crippen MR) is 131 cm³/mol. The van der Waals surface area contributed by atoms with Gasteiger partial charge in [0, 0.05) is 38.9 Å². The quantitative estimate of drug-likeness (QED) is 0.273. The molecule has 8 nitrogen and oxygen atoms in total. The number of anilines is 1. The van der Waals surface area contributed by atoms with Gasteiger partial charge in [0.25, 0.3) is 5.91 Å². The van der Waals surface area contributed by atoms with E-state index in [1.54, 1.807) is 0 Å². The molecule has 1 aromatic rings. The molecule has 0 aromatic carbocycles. The van der Waals surface area contributed by atoms with Crippen molar-refractivity contribution in [2.75, 3.05) is 45.3 Å². The third-order valence-corrected chi connectivity index (χ3v) is 6.31. The van der Waals surface area contributed by atoms with Gasteiger partial charge < -0.3 is 25.4 Å². The largest absolute Gasteiger partial charge is 0.480 e. The number of amides is 1. The highest BCUT2D eigenvalue weighted by Gasteiger charge is 2.39. The molecule has 1 aromatic heterocycles. The molecule has 11 heteroatoms. The van der Waals surface area contributed by atoms with Crippen LogP contribution in [0.1, 0.15) is 56.7 Å². The van der Waals surface area contributed by atoms with E-state index in [1.807, 2.05) is 16.3 Å². The number of hydrogen-bond acceptors (Lipinski definition) is 6. The zero-order valence-corrected chi connectivity index (χ0v) is 21.2. The number of nitrogens with zero attached hydrogens (tertiary/aromatic N) is 2. The van der Waals surface area contributed by atoms with Crippen molar-refractivity contribution in [2.45, 2.75) is 76.4 Å². The first kappa shape index (κ1) is 29.8. The fourth-order valence-corrected chi connectivity index (χ4v) is 4.18.